The summed E-state index contributed by atoms with van der Waals surface area (Å²) in [7, 11) is 0. The lowest BCUT2D eigenvalue weighted by molar-refractivity contribution is -0.135. The van der Waals surface area contributed by atoms with Crippen molar-refractivity contribution in [2.75, 3.05) is 6.54 Å². The summed E-state index contributed by atoms with van der Waals surface area (Å²) in [6.07, 6.45) is 3.09. The molecule has 5 heteroatoms. The molecule has 33 heavy (non-hydrogen) atoms. The van der Waals surface area contributed by atoms with Gasteiger partial charge < -0.3 is 10.4 Å². The second kappa shape index (κ2) is 9.57. The van der Waals surface area contributed by atoms with E-state index in [0.29, 0.717) is 22.8 Å². The molecule has 4 rings (SSSR count). The van der Waals surface area contributed by atoms with Crippen molar-refractivity contribution in [2.24, 2.45) is 5.92 Å². The van der Waals surface area contributed by atoms with Gasteiger partial charge in [-0.05, 0) is 65.8 Å². The molecule has 170 valence electrons. The SMILES string of the molecule is C=C(C1CCC(c2ccc(C(=O)NCC(=O)O)cc2)C1)[C@H](C)c1ccc(F)c2ccccc12. The molecule has 3 aromatic rings. The molecule has 1 fully saturated rings. The fourth-order valence-corrected chi connectivity index (χ4v) is 5.00. The second-order valence-corrected chi connectivity index (χ2v) is 8.88. The molecule has 0 bridgehead atoms. The van der Waals surface area contributed by atoms with Crippen molar-refractivity contribution < 1.29 is 19.1 Å². The van der Waals surface area contributed by atoms with E-state index in [-0.39, 0.29) is 17.6 Å². The Labute approximate surface area is 193 Å². The van der Waals surface area contributed by atoms with Crippen LogP contribution in [-0.2, 0) is 4.79 Å². The third-order valence-electron chi connectivity index (χ3n) is 6.93. The highest BCUT2D eigenvalue weighted by atomic mass is 19.1. The van der Waals surface area contributed by atoms with E-state index in [0.717, 1.165) is 30.2 Å². The Morgan fingerprint density at radius 1 is 1.06 bits per heavy atom. The first-order valence-corrected chi connectivity index (χ1v) is 11.3. The van der Waals surface area contributed by atoms with E-state index in [9.17, 15) is 14.0 Å². The molecule has 4 nitrogen and oxygen atoms in total. The number of allylic oxidation sites excluding steroid dienone is 1. The molecule has 0 heterocycles. The molecule has 0 radical (unpaired) electrons. The first-order valence-electron chi connectivity index (χ1n) is 11.3. The Morgan fingerprint density at radius 2 is 1.76 bits per heavy atom. The predicted octanol–water partition coefficient (Wildman–Crippen LogP) is 6.04. The lowest BCUT2D eigenvalue weighted by Crippen LogP contribution is -2.29. The van der Waals surface area contributed by atoms with Crippen molar-refractivity contribution in [3.8, 4) is 0 Å². The largest absolute Gasteiger partial charge is 0.480 e. The Morgan fingerprint density at radius 3 is 2.45 bits per heavy atom. The Balaban J connectivity index is 1.44. The lowest BCUT2D eigenvalue weighted by Gasteiger charge is -2.23. The maximum Gasteiger partial charge on any atom is 0.322 e. The highest BCUT2D eigenvalue weighted by Gasteiger charge is 2.30. The summed E-state index contributed by atoms with van der Waals surface area (Å²) in [5, 5.41) is 12.7. The van der Waals surface area contributed by atoms with Crippen molar-refractivity contribution in [3.63, 3.8) is 0 Å². The van der Waals surface area contributed by atoms with Crippen molar-refractivity contribution in [1.29, 1.82) is 0 Å². The average Bonchev–Trinajstić information content (AvgIpc) is 3.32. The summed E-state index contributed by atoms with van der Waals surface area (Å²) in [4.78, 5) is 22.7. The van der Waals surface area contributed by atoms with Crippen LogP contribution in [0.1, 0.15) is 59.5 Å². The molecule has 3 aromatic carbocycles. The average molecular weight is 446 g/mol. The van der Waals surface area contributed by atoms with Crippen LogP contribution in [0.25, 0.3) is 10.8 Å². The second-order valence-electron chi connectivity index (χ2n) is 8.88. The summed E-state index contributed by atoms with van der Waals surface area (Å²) in [5.41, 5.74) is 3.92. The smallest absolute Gasteiger partial charge is 0.322 e. The molecule has 0 saturated heterocycles. The number of hydrogen-bond acceptors (Lipinski definition) is 2. The van der Waals surface area contributed by atoms with Crippen LogP contribution in [0.3, 0.4) is 0 Å². The number of carbonyl (C=O) groups excluding carboxylic acids is 1. The van der Waals surface area contributed by atoms with Gasteiger partial charge in [0.05, 0.1) is 0 Å². The Bertz CT molecular complexity index is 1200. The molecule has 2 unspecified atom stereocenters. The van der Waals surface area contributed by atoms with Gasteiger partial charge in [-0.2, -0.15) is 0 Å². The Hall–Kier alpha value is -3.47. The number of carboxylic acid groups (broad SMARTS) is 1. The molecule has 0 aromatic heterocycles. The van der Waals surface area contributed by atoms with Crippen molar-refractivity contribution in [2.45, 2.75) is 38.0 Å². The maximum atomic E-state index is 14.3. The van der Waals surface area contributed by atoms with Crippen molar-refractivity contribution in [3.05, 3.63) is 95.3 Å². The number of carboxylic acids is 1. The highest BCUT2D eigenvalue weighted by Crippen LogP contribution is 2.45. The first kappa shape index (κ1) is 22.7. The van der Waals surface area contributed by atoms with Gasteiger partial charge in [0.15, 0.2) is 0 Å². The summed E-state index contributed by atoms with van der Waals surface area (Å²) >= 11 is 0. The summed E-state index contributed by atoms with van der Waals surface area (Å²) in [5.74, 6) is -0.762. The van der Waals surface area contributed by atoms with Gasteiger partial charge in [-0.25, -0.2) is 4.39 Å². The minimum atomic E-state index is -1.07. The lowest BCUT2D eigenvalue weighted by atomic mass is 9.82. The molecule has 3 atom stereocenters. The van der Waals surface area contributed by atoms with Crippen LogP contribution in [0.2, 0.25) is 0 Å². The highest BCUT2D eigenvalue weighted by molar-refractivity contribution is 5.95. The van der Waals surface area contributed by atoms with E-state index >= 15 is 0 Å². The van der Waals surface area contributed by atoms with Crippen LogP contribution in [0.15, 0.2) is 72.8 Å². The number of carbonyl (C=O) groups is 2. The molecular formula is C28H28FNO3. The van der Waals surface area contributed by atoms with Crippen LogP contribution in [0.4, 0.5) is 4.39 Å². The number of aliphatic carboxylic acids is 1. The zero-order valence-corrected chi connectivity index (χ0v) is 18.7. The predicted molar refractivity (Wildman–Crippen MR) is 128 cm³/mol. The molecule has 1 aliphatic rings. The fourth-order valence-electron chi connectivity index (χ4n) is 5.00. The Kier molecular flexibility index (Phi) is 6.59. The van der Waals surface area contributed by atoms with E-state index in [4.69, 9.17) is 5.11 Å². The van der Waals surface area contributed by atoms with E-state index in [1.54, 1.807) is 18.2 Å². The topological polar surface area (TPSA) is 66.4 Å². The zero-order valence-electron chi connectivity index (χ0n) is 18.7. The molecule has 1 saturated carbocycles. The van der Waals surface area contributed by atoms with Crippen LogP contribution in [0, 0.1) is 11.7 Å². The molecule has 0 spiro atoms. The number of hydrogen-bond donors (Lipinski definition) is 2. The van der Waals surface area contributed by atoms with Gasteiger partial charge in [0.25, 0.3) is 5.91 Å². The van der Waals surface area contributed by atoms with Gasteiger partial charge in [0, 0.05) is 16.9 Å². The third kappa shape index (κ3) is 4.82. The quantitative estimate of drug-likeness (QED) is 0.436. The van der Waals surface area contributed by atoms with Gasteiger partial charge in [-0.15, -0.1) is 0 Å². The standard InChI is InChI=1S/C28H28FNO3/c1-17(18(2)23-13-14-26(29)25-6-4-3-5-24(23)25)21-11-12-22(15-21)19-7-9-20(10-8-19)28(33)30-16-27(31)32/h3-10,13-14,18,21-22H,1,11-12,15-16H2,2H3,(H,30,33)(H,31,32)/t18-,21?,22?/m0/s1. The summed E-state index contributed by atoms with van der Waals surface area (Å²) in [6, 6.07) is 18.5. The number of fused-ring (bicyclic) bond motifs is 1. The molecule has 1 aliphatic carbocycles. The van der Waals surface area contributed by atoms with Gasteiger partial charge >= 0.3 is 5.97 Å². The van der Waals surface area contributed by atoms with E-state index in [1.165, 1.54) is 11.1 Å². The number of halogens is 1. The molecule has 1 amide bonds. The first-order chi connectivity index (χ1) is 15.8. The number of amides is 1. The van der Waals surface area contributed by atoms with E-state index in [1.807, 2.05) is 42.5 Å². The van der Waals surface area contributed by atoms with Crippen molar-refractivity contribution >= 4 is 22.6 Å². The number of nitrogens with one attached hydrogen (secondary N) is 1. The fraction of sp³-hybridized carbons (Fsp3) is 0.286. The van der Waals surface area contributed by atoms with Crippen LogP contribution in [0.5, 0.6) is 0 Å². The minimum Gasteiger partial charge on any atom is -0.480 e. The summed E-state index contributed by atoms with van der Waals surface area (Å²) in [6.45, 7) is 6.21. The maximum absolute atomic E-state index is 14.3. The number of rotatable bonds is 7. The monoisotopic (exact) mass is 445 g/mol. The molecule has 2 N–H and O–H groups in total. The van der Waals surface area contributed by atoms with Crippen LogP contribution in [-0.4, -0.2) is 23.5 Å². The van der Waals surface area contributed by atoms with Gasteiger partial charge in [-0.1, -0.05) is 61.5 Å². The van der Waals surface area contributed by atoms with E-state index < -0.39 is 12.5 Å². The normalized spacial score (nSPS) is 18.7. The van der Waals surface area contributed by atoms with Gasteiger partial charge in [0.2, 0.25) is 0 Å². The zero-order chi connectivity index (χ0) is 23.5. The van der Waals surface area contributed by atoms with Crippen LogP contribution < -0.4 is 5.32 Å². The molecular weight excluding hydrogens is 417 g/mol. The molecule has 0 aliphatic heterocycles. The third-order valence-corrected chi connectivity index (χ3v) is 6.93. The van der Waals surface area contributed by atoms with E-state index in [2.05, 4.69) is 18.8 Å². The van der Waals surface area contributed by atoms with Gasteiger partial charge in [0.1, 0.15) is 12.4 Å². The summed E-state index contributed by atoms with van der Waals surface area (Å²) < 4.78 is 14.3. The van der Waals surface area contributed by atoms with Crippen molar-refractivity contribution in [1.82, 2.24) is 5.32 Å². The van der Waals surface area contributed by atoms with Crippen LogP contribution >= 0.6 is 0 Å². The minimum absolute atomic E-state index is 0.125. The number of benzene rings is 3. The van der Waals surface area contributed by atoms with Gasteiger partial charge in [-0.3, -0.25) is 9.59 Å².